The highest BCUT2D eigenvalue weighted by atomic mass is 19.4. The molecule has 125 heavy (non-hydrogen) atoms. The fourth-order valence-corrected chi connectivity index (χ4v) is 17.4. The average molecular weight is 1880 g/mol. The van der Waals surface area contributed by atoms with E-state index in [0.717, 1.165) is 0 Å². The Morgan fingerprint density at radius 3 is 0.512 bits per heavy atom. The van der Waals surface area contributed by atoms with Crippen molar-refractivity contribution in [3.63, 3.8) is 0 Å². The van der Waals surface area contributed by atoms with Gasteiger partial charge in [0.25, 0.3) is 0 Å². The van der Waals surface area contributed by atoms with Gasteiger partial charge in [-0.05, 0) is 152 Å². The molecule has 0 saturated heterocycles. The second-order valence-corrected chi connectivity index (χ2v) is 40.8. The van der Waals surface area contributed by atoms with E-state index in [1.165, 1.54) is 82.1 Å². The Hall–Kier alpha value is -1.89. The first kappa shape index (κ1) is 143. The maximum atomic E-state index is 13.1. The molecular formula is C98H189F27. The van der Waals surface area contributed by atoms with Gasteiger partial charge in [0.15, 0.2) is 0 Å². The van der Waals surface area contributed by atoms with E-state index in [2.05, 4.69) is 41.5 Å². The van der Waals surface area contributed by atoms with Crippen LogP contribution in [0.4, 0.5) is 119 Å². The smallest absolute Gasteiger partial charge is 0.171 e. The summed E-state index contributed by atoms with van der Waals surface area (Å²) in [5.74, 6) is -1.61. The molecule has 0 radical (unpaired) electrons. The van der Waals surface area contributed by atoms with Crippen molar-refractivity contribution in [2.45, 2.75) is 508 Å². The molecule has 0 rings (SSSR count). The molecule has 0 amide bonds. The van der Waals surface area contributed by atoms with E-state index in [9.17, 15) is 119 Å². The summed E-state index contributed by atoms with van der Waals surface area (Å²) in [6.07, 6.45) is -26.5. The number of rotatable bonds is 33. The van der Waals surface area contributed by atoms with E-state index in [-0.39, 0.29) is 123 Å². The fourth-order valence-electron chi connectivity index (χ4n) is 17.4. The lowest BCUT2D eigenvalue weighted by Crippen LogP contribution is -2.47. The SMILES string of the molecule is CC(C)C(C(C)C)C(C)(C)C(F)(F)F.CCC(C)(C(C(C)C)C(C)C)C(F)(F)F.CCC(C)(C(C)C)C(F)(F)F.CCC(C)(CC)C(C)(C)C.CCC(C)(CC)C(C)(CC)C(F)(F)F.CCC(C)(CC)C(F)(F)F.CCC(C)C(C)(CC)C(F)(F)F.CCC(CC)C(C)(CC)C(F)(F)F.CCCC(C)(C(CC)CC)C(F)(F)F.CCCC(C)(CCC)C(F)(F)F. The first-order valence-electron chi connectivity index (χ1n) is 46.7. The van der Waals surface area contributed by atoms with Gasteiger partial charge in [-0.15, -0.1) is 0 Å². The first-order chi connectivity index (χ1) is 55.1. The molecule has 0 nitrogen and oxygen atoms in total. The van der Waals surface area contributed by atoms with Crippen molar-refractivity contribution in [2.75, 3.05) is 0 Å². The summed E-state index contributed by atoms with van der Waals surface area (Å²) in [5.41, 5.74) is -13.4. The molecule has 0 bridgehead atoms. The molecule has 0 aliphatic heterocycles. The van der Waals surface area contributed by atoms with Crippen molar-refractivity contribution in [1.29, 1.82) is 0 Å². The largest absolute Gasteiger partial charge is 0.394 e. The first-order valence-corrected chi connectivity index (χ1v) is 46.7. The quantitative estimate of drug-likeness (QED) is 0.0575. The third kappa shape index (κ3) is 42.3. The lowest BCUT2D eigenvalue weighted by atomic mass is 9.60. The summed E-state index contributed by atoms with van der Waals surface area (Å²) in [4.78, 5) is 0. The van der Waals surface area contributed by atoms with Crippen LogP contribution in [0.1, 0.15) is 453 Å². The van der Waals surface area contributed by atoms with Crippen molar-refractivity contribution in [3.8, 4) is 0 Å². The van der Waals surface area contributed by atoms with E-state index in [1.807, 2.05) is 104 Å². The summed E-state index contributed by atoms with van der Waals surface area (Å²) in [5, 5.41) is 0. The summed E-state index contributed by atoms with van der Waals surface area (Å²) in [7, 11) is 0. The number of hydrogen-bond acceptors (Lipinski definition) is 0. The minimum absolute atomic E-state index is 0.0478. The maximum absolute atomic E-state index is 13.1. The van der Waals surface area contributed by atoms with Gasteiger partial charge in [-0.1, -0.05) is 376 Å². The molecule has 0 aromatic carbocycles. The molecule has 0 aliphatic carbocycles. The van der Waals surface area contributed by atoms with Gasteiger partial charge in [-0.2, -0.15) is 119 Å². The van der Waals surface area contributed by atoms with Crippen molar-refractivity contribution in [2.24, 2.45) is 124 Å². The van der Waals surface area contributed by atoms with Crippen LogP contribution in [0.2, 0.25) is 0 Å². The molecule has 0 saturated carbocycles. The zero-order chi connectivity index (χ0) is 104. The van der Waals surface area contributed by atoms with Crippen molar-refractivity contribution < 1.29 is 119 Å². The minimum atomic E-state index is -4.12. The van der Waals surface area contributed by atoms with E-state index >= 15 is 0 Å². The number of hydrogen-bond donors (Lipinski definition) is 0. The lowest BCUT2D eigenvalue weighted by Gasteiger charge is -2.46. The minimum Gasteiger partial charge on any atom is -0.171 e. The van der Waals surface area contributed by atoms with E-state index in [1.54, 1.807) is 96.9 Å². The maximum Gasteiger partial charge on any atom is 0.394 e. The van der Waals surface area contributed by atoms with E-state index in [0.29, 0.717) is 75.0 Å². The van der Waals surface area contributed by atoms with Crippen LogP contribution in [0.15, 0.2) is 0 Å². The van der Waals surface area contributed by atoms with Crippen LogP contribution < -0.4 is 0 Å². The van der Waals surface area contributed by atoms with Gasteiger partial charge in [-0.25, -0.2) is 0 Å². The Bertz CT molecular complexity index is 2570. The van der Waals surface area contributed by atoms with Gasteiger partial charge in [-0.3, -0.25) is 0 Å². The molecule has 0 aliphatic rings. The van der Waals surface area contributed by atoms with Crippen LogP contribution in [-0.2, 0) is 0 Å². The van der Waals surface area contributed by atoms with Gasteiger partial charge in [0.2, 0.25) is 0 Å². The Balaban J connectivity index is -0.000000147. The Labute approximate surface area is 748 Å². The molecule has 770 valence electrons. The number of alkyl halides is 27. The molecular weight excluding hydrogens is 1690 g/mol. The zero-order valence-corrected chi connectivity index (χ0v) is 87.0. The van der Waals surface area contributed by atoms with Crippen LogP contribution in [0.3, 0.4) is 0 Å². The van der Waals surface area contributed by atoms with Crippen molar-refractivity contribution in [1.82, 2.24) is 0 Å². The van der Waals surface area contributed by atoms with E-state index < -0.39 is 110 Å². The van der Waals surface area contributed by atoms with Crippen molar-refractivity contribution >= 4 is 0 Å². The van der Waals surface area contributed by atoms with Gasteiger partial charge < -0.3 is 0 Å². The average Bonchev–Trinajstić information content (AvgIpc) is 0.758. The summed E-state index contributed by atoms with van der Waals surface area (Å²) < 4.78 is 342. The van der Waals surface area contributed by atoms with Crippen molar-refractivity contribution in [3.05, 3.63) is 0 Å². The highest BCUT2D eigenvalue weighted by Gasteiger charge is 2.61. The third-order valence-corrected chi connectivity index (χ3v) is 31.0. The topological polar surface area (TPSA) is 0 Å². The fraction of sp³-hybridized carbons (Fsp3) is 1.00. The Morgan fingerprint density at radius 1 is 0.192 bits per heavy atom. The molecule has 0 spiro atoms. The molecule has 7 unspecified atom stereocenters. The van der Waals surface area contributed by atoms with Crippen LogP contribution in [0.25, 0.3) is 0 Å². The molecule has 7 atom stereocenters. The molecule has 27 heteroatoms. The predicted octanol–water partition coefficient (Wildman–Crippen LogP) is 42.4. The monoisotopic (exact) mass is 1880 g/mol. The second kappa shape index (κ2) is 57.7. The standard InChI is InChI=1S/C12H23F3.3C11H21F3.C10H19F3.C10H22.2C9H17F3.C8H15F3.C7H13F3/c1-7-11(6,12(13,14)15)10(8(2)3)9(4)5;1-7(2)9(8(3)4)10(5,6)11(12,13)14;1-6-9(4,7-2)10(5,8-3)11(12,13)14;1-5-8-10(4,11(12,13)14)9(6-2)7-3;1-5-8(6-2)9(4,7-3)10(11,12)13;1-7-10(6,8-2)9(3,4)5;1-5-7(3)8(4,6-2)9(10,11)12;1-4-6-8(3,7-5-2)9(10,11)12;1-5-7(4,6(2)3)8(9,10)11;1-4-6(3,5-2)7(8,9)10/h8-10H,7H2,1-6H3;7-9H,1-6H3;6-8H2,1-5H3;9H,5-8H2,1-4H3;8H,5-7H2,1-4H3;7-8H2,1-6H3;7H,5-6H2,1-4H3;4-7H2,1-3H3;6H,5H2,1-4H3;4-5H2,1-3H3. The Kier molecular flexibility index (Phi) is 66.3. The molecule has 0 N–H and O–H groups in total. The molecule has 0 heterocycles. The van der Waals surface area contributed by atoms with E-state index in [4.69, 9.17) is 0 Å². The Morgan fingerprint density at radius 2 is 0.432 bits per heavy atom. The van der Waals surface area contributed by atoms with Gasteiger partial charge in [0.1, 0.15) is 0 Å². The third-order valence-electron chi connectivity index (χ3n) is 31.0. The predicted molar refractivity (Wildman–Crippen MR) is 475 cm³/mol. The lowest BCUT2D eigenvalue weighted by molar-refractivity contribution is -0.259. The van der Waals surface area contributed by atoms with Crippen LogP contribution in [0.5, 0.6) is 0 Å². The van der Waals surface area contributed by atoms with Crippen LogP contribution >= 0.6 is 0 Å². The van der Waals surface area contributed by atoms with Gasteiger partial charge >= 0.3 is 55.6 Å². The second-order valence-electron chi connectivity index (χ2n) is 40.8. The van der Waals surface area contributed by atoms with Gasteiger partial charge in [0.05, 0.1) is 48.7 Å². The highest BCUT2D eigenvalue weighted by molar-refractivity contribution is 4.97. The van der Waals surface area contributed by atoms with Crippen LogP contribution in [-0.4, -0.2) is 55.6 Å². The summed E-state index contributed by atoms with van der Waals surface area (Å²) in [6, 6.07) is 0. The van der Waals surface area contributed by atoms with Gasteiger partial charge in [0, 0.05) is 0 Å². The van der Waals surface area contributed by atoms with Crippen LogP contribution in [0, 0.1) is 124 Å². The molecule has 0 aromatic rings. The molecule has 0 fully saturated rings. The highest BCUT2D eigenvalue weighted by Crippen LogP contribution is 2.59. The normalized spacial score (nSPS) is 16.6. The summed E-state index contributed by atoms with van der Waals surface area (Å²) in [6.45, 7) is 78.1. The zero-order valence-electron chi connectivity index (χ0n) is 87.0. The molecule has 0 aromatic heterocycles. The summed E-state index contributed by atoms with van der Waals surface area (Å²) >= 11 is 0. The number of halogens is 27.